The number of pyridine rings is 1. The number of hydrogen-bond acceptors (Lipinski definition) is 4. The Hall–Kier alpha value is -2.21. The van der Waals surface area contributed by atoms with Crippen molar-refractivity contribution < 1.29 is 9.13 Å². The van der Waals surface area contributed by atoms with Gasteiger partial charge in [0.05, 0.1) is 5.52 Å². The minimum absolute atomic E-state index is 0.0126. The van der Waals surface area contributed by atoms with Crippen molar-refractivity contribution in [1.82, 2.24) is 19.9 Å². The number of rotatable bonds is 3. The number of aromatic amines is 1. The van der Waals surface area contributed by atoms with Crippen LogP contribution in [0.2, 0.25) is 5.15 Å². The van der Waals surface area contributed by atoms with E-state index in [1.807, 2.05) is 0 Å². The molecule has 0 aliphatic heterocycles. The molecule has 1 aliphatic carbocycles. The Morgan fingerprint density at radius 2 is 2.04 bits per heavy atom. The first kappa shape index (κ1) is 16.3. The van der Waals surface area contributed by atoms with Gasteiger partial charge in [0.25, 0.3) is 5.88 Å². The second kappa shape index (κ2) is 6.59. The standard InChI is InChI=1S/C18H18ClFN4O/c1-10-23-16(12-9-22-13-7-8-21-17(19)14(12)13)15(20)18(24-10)25-11-5-3-2-4-6-11/h7-9,11,22H,2-6H2,1H3. The smallest absolute Gasteiger partial charge is 0.254 e. The van der Waals surface area contributed by atoms with Crippen LogP contribution in [0.3, 0.4) is 0 Å². The molecule has 0 spiro atoms. The summed E-state index contributed by atoms with van der Waals surface area (Å²) in [4.78, 5) is 15.6. The van der Waals surface area contributed by atoms with Crippen LogP contribution >= 0.6 is 11.6 Å². The molecule has 0 amide bonds. The summed E-state index contributed by atoms with van der Waals surface area (Å²) in [5.74, 6) is -0.0858. The van der Waals surface area contributed by atoms with Gasteiger partial charge in [-0.1, -0.05) is 18.0 Å². The van der Waals surface area contributed by atoms with Gasteiger partial charge in [0.1, 0.15) is 22.8 Å². The van der Waals surface area contributed by atoms with Gasteiger partial charge in [-0.15, -0.1) is 0 Å². The topological polar surface area (TPSA) is 63.7 Å². The van der Waals surface area contributed by atoms with Crippen molar-refractivity contribution >= 4 is 22.5 Å². The highest BCUT2D eigenvalue weighted by atomic mass is 35.5. The molecule has 0 unspecified atom stereocenters. The Morgan fingerprint density at radius 1 is 1.24 bits per heavy atom. The first-order chi connectivity index (χ1) is 12.1. The van der Waals surface area contributed by atoms with Crippen molar-refractivity contribution in [2.45, 2.75) is 45.1 Å². The van der Waals surface area contributed by atoms with E-state index in [9.17, 15) is 0 Å². The molecule has 1 N–H and O–H groups in total. The summed E-state index contributed by atoms with van der Waals surface area (Å²) in [6.07, 6.45) is 8.58. The van der Waals surface area contributed by atoms with Crippen LogP contribution < -0.4 is 4.74 Å². The van der Waals surface area contributed by atoms with Gasteiger partial charge in [-0.3, -0.25) is 0 Å². The highest BCUT2D eigenvalue weighted by molar-refractivity contribution is 6.35. The summed E-state index contributed by atoms with van der Waals surface area (Å²) in [5, 5.41) is 0.948. The Kier molecular flexibility index (Phi) is 4.29. The number of halogens is 2. The fourth-order valence-corrected chi connectivity index (χ4v) is 3.61. The van der Waals surface area contributed by atoms with Crippen molar-refractivity contribution in [2.75, 3.05) is 0 Å². The van der Waals surface area contributed by atoms with Crippen molar-refractivity contribution in [3.8, 4) is 17.1 Å². The number of H-pyrrole nitrogens is 1. The number of nitrogens with one attached hydrogen (secondary N) is 1. The molecule has 4 rings (SSSR count). The molecule has 0 bridgehead atoms. The normalized spacial score (nSPS) is 15.6. The van der Waals surface area contributed by atoms with E-state index >= 15 is 4.39 Å². The predicted molar refractivity (Wildman–Crippen MR) is 94.3 cm³/mol. The second-order valence-electron chi connectivity index (χ2n) is 6.34. The van der Waals surface area contributed by atoms with Crippen molar-refractivity contribution in [3.05, 3.63) is 35.3 Å². The van der Waals surface area contributed by atoms with Gasteiger partial charge in [-0.2, -0.15) is 9.37 Å². The summed E-state index contributed by atoms with van der Waals surface area (Å²) in [6.45, 7) is 1.73. The van der Waals surface area contributed by atoms with Crippen LogP contribution in [0.15, 0.2) is 18.5 Å². The zero-order chi connectivity index (χ0) is 17.4. The van der Waals surface area contributed by atoms with E-state index in [-0.39, 0.29) is 17.7 Å². The Morgan fingerprint density at radius 3 is 2.84 bits per heavy atom. The second-order valence-corrected chi connectivity index (χ2v) is 6.70. The minimum atomic E-state index is -0.558. The monoisotopic (exact) mass is 360 g/mol. The molecule has 1 fully saturated rings. The van der Waals surface area contributed by atoms with Crippen molar-refractivity contribution in [1.29, 1.82) is 0 Å². The number of aromatic nitrogens is 4. The van der Waals surface area contributed by atoms with Gasteiger partial charge < -0.3 is 9.72 Å². The van der Waals surface area contributed by atoms with E-state index in [0.29, 0.717) is 21.9 Å². The molecule has 3 aromatic heterocycles. The lowest BCUT2D eigenvalue weighted by molar-refractivity contribution is 0.141. The lowest BCUT2D eigenvalue weighted by Gasteiger charge is -2.23. The number of fused-ring (bicyclic) bond motifs is 1. The highest BCUT2D eigenvalue weighted by Crippen LogP contribution is 2.35. The van der Waals surface area contributed by atoms with Gasteiger partial charge in [0, 0.05) is 23.3 Å². The fraction of sp³-hybridized carbons (Fsp3) is 0.389. The third kappa shape index (κ3) is 3.06. The number of ether oxygens (including phenoxy) is 1. The summed E-state index contributed by atoms with van der Waals surface area (Å²) in [7, 11) is 0. The van der Waals surface area contributed by atoms with E-state index in [1.165, 1.54) is 6.42 Å². The maximum Gasteiger partial charge on any atom is 0.254 e. The Bertz CT molecular complexity index is 921. The van der Waals surface area contributed by atoms with Crippen LogP contribution in [0.5, 0.6) is 5.88 Å². The maximum absolute atomic E-state index is 15.1. The van der Waals surface area contributed by atoms with Crippen LogP contribution in [0.1, 0.15) is 37.9 Å². The van der Waals surface area contributed by atoms with Crippen molar-refractivity contribution in [2.24, 2.45) is 0 Å². The van der Waals surface area contributed by atoms with Crippen LogP contribution in [0.25, 0.3) is 22.2 Å². The van der Waals surface area contributed by atoms with E-state index in [2.05, 4.69) is 19.9 Å². The lowest BCUT2D eigenvalue weighted by atomic mass is 9.98. The molecule has 7 heteroatoms. The summed E-state index contributed by atoms with van der Waals surface area (Å²) in [6, 6.07) is 1.79. The Balaban J connectivity index is 1.79. The zero-order valence-corrected chi connectivity index (χ0v) is 14.6. The molecule has 1 aliphatic rings. The van der Waals surface area contributed by atoms with Gasteiger partial charge in [-0.25, -0.2) is 9.97 Å². The molecular weight excluding hydrogens is 343 g/mol. The van der Waals surface area contributed by atoms with Crippen LogP contribution in [0, 0.1) is 12.7 Å². The molecule has 0 radical (unpaired) electrons. The number of aryl methyl sites for hydroxylation is 1. The number of hydrogen-bond donors (Lipinski definition) is 1. The van der Waals surface area contributed by atoms with E-state index in [1.54, 1.807) is 25.4 Å². The largest absolute Gasteiger partial charge is 0.472 e. The SMILES string of the molecule is Cc1nc(OC2CCCCC2)c(F)c(-c2c[nH]c3ccnc(Cl)c23)n1. The molecule has 0 atom stereocenters. The zero-order valence-electron chi connectivity index (χ0n) is 13.9. The molecule has 3 heterocycles. The van der Waals surface area contributed by atoms with Crippen molar-refractivity contribution in [3.63, 3.8) is 0 Å². The molecule has 0 aromatic carbocycles. The fourth-order valence-electron chi connectivity index (χ4n) is 3.35. The van der Waals surface area contributed by atoms with Crippen LogP contribution in [-0.4, -0.2) is 26.0 Å². The van der Waals surface area contributed by atoms with E-state index in [0.717, 1.165) is 31.2 Å². The van der Waals surface area contributed by atoms with Crippen LogP contribution in [-0.2, 0) is 0 Å². The summed E-state index contributed by atoms with van der Waals surface area (Å²) in [5.41, 5.74) is 1.52. The molecule has 25 heavy (non-hydrogen) atoms. The van der Waals surface area contributed by atoms with Gasteiger partial charge >= 0.3 is 0 Å². The third-order valence-electron chi connectivity index (χ3n) is 4.56. The lowest BCUT2D eigenvalue weighted by Crippen LogP contribution is -2.21. The van der Waals surface area contributed by atoms with E-state index < -0.39 is 5.82 Å². The molecule has 130 valence electrons. The molecule has 5 nitrogen and oxygen atoms in total. The highest BCUT2D eigenvalue weighted by Gasteiger charge is 2.23. The summed E-state index contributed by atoms with van der Waals surface area (Å²) >= 11 is 6.21. The van der Waals surface area contributed by atoms with Gasteiger partial charge in [0.2, 0.25) is 5.82 Å². The molecule has 3 aromatic rings. The van der Waals surface area contributed by atoms with E-state index in [4.69, 9.17) is 16.3 Å². The average Bonchev–Trinajstić information content (AvgIpc) is 3.04. The predicted octanol–water partition coefficient (Wildman–Crippen LogP) is 4.83. The van der Waals surface area contributed by atoms with Gasteiger partial charge in [0.15, 0.2) is 0 Å². The first-order valence-electron chi connectivity index (χ1n) is 8.46. The van der Waals surface area contributed by atoms with Gasteiger partial charge in [-0.05, 0) is 38.7 Å². The number of nitrogens with zero attached hydrogens (tertiary/aromatic N) is 3. The maximum atomic E-state index is 15.1. The Labute approximate surface area is 149 Å². The molecule has 1 saturated carbocycles. The quantitative estimate of drug-likeness (QED) is 0.679. The minimum Gasteiger partial charge on any atom is -0.472 e. The molecular formula is C18H18ClFN4O. The first-order valence-corrected chi connectivity index (χ1v) is 8.84. The summed E-state index contributed by atoms with van der Waals surface area (Å²) < 4.78 is 21.0. The van der Waals surface area contributed by atoms with Crippen LogP contribution in [0.4, 0.5) is 4.39 Å². The average molecular weight is 361 g/mol. The third-order valence-corrected chi connectivity index (χ3v) is 4.85. The molecule has 0 saturated heterocycles.